The molecular weight excluding hydrogens is 286 g/mol. The first-order chi connectivity index (χ1) is 10.6. The van der Waals surface area contributed by atoms with Crippen LogP contribution < -0.4 is 10.3 Å². The van der Waals surface area contributed by atoms with Crippen LogP contribution in [0, 0.1) is 0 Å². The highest BCUT2D eigenvalue weighted by molar-refractivity contribution is 5.94. The molecule has 0 aliphatic heterocycles. The smallest absolute Gasteiger partial charge is 0.341 e. The molecule has 112 valence electrons. The second kappa shape index (κ2) is 5.36. The Labute approximate surface area is 124 Å². The van der Waals surface area contributed by atoms with Gasteiger partial charge in [-0.1, -0.05) is 0 Å². The predicted molar refractivity (Wildman–Crippen MR) is 79.4 cm³/mol. The Hall–Kier alpha value is -3.09. The number of carbonyl (C=O) groups is 1. The minimum atomic E-state index is -1.14. The van der Waals surface area contributed by atoms with Crippen LogP contribution in [0.15, 0.2) is 41.3 Å². The zero-order valence-electron chi connectivity index (χ0n) is 11.7. The van der Waals surface area contributed by atoms with Crippen molar-refractivity contribution in [3.05, 3.63) is 52.4 Å². The maximum atomic E-state index is 12.0. The Kier molecular flexibility index (Phi) is 3.38. The van der Waals surface area contributed by atoms with E-state index >= 15 is 0 Å². The van der Waals surface area contributed by atoms with Crippen LogP contribution in [-0.4, -0.2) is 32.3 Å². The van der Waals surface area contributed by atoms with E-state index in [4.69, 9.17) is 9.84 Å². The first-order valence-electron chi connectivity index (χ1n) is 6.67. The molecule has 22 heavy (non-hydrogen) atoms. The molecule has 3 rings (SSSR count). The Morgan fingerprint density at radius 3 is 2.73 bits per heavy atom. The average molecular weight is 299 g/mol. The number of benzene rings is 1. The van der Waals surface area contributed by atoms with E-state index in [2.05, 4.69) is 10.1 Å². The van der Waals surface area contributed by atoms with Crippen molar-refractivity contribution in [2.24, 2.45) is 0 Å². The topological polar surface area (TPSA) is 96.7 Å². The maximum absolute atomic E-state index is 12.0. The number of hydrogen-bond acceptors (Lipinski definition) is 4. The van der Waals surface area contributed by atoms with Gasteiger partial charge in [0, 0.05) is 6.07 Å². The normalized spacial score (nSPS) is 10.8. The van der Waals surface area contributed by atoms with Gasteiger partial charge in [0.25, 0.3) is 5.56 Å². The highest BCUT2D eigenvalue weighted by Gasteiger charge is 2.14. The fourth-order valence-corrected chi connectivity index (χ4v) is 2.19. The number of carboxylic acid groups (broad SMARTS) is 1. The van der Waals surface area contributed by atoms with Gasteiger partial charge in [-0.05, 0) is 36.8 Å². The fraction of sp³-hybridized carbons (Fsp3) is 0.133. The number of rotatable bonds is 4. The lowest BCUT2D eigenvalue weighted by Crippen LogP contribution is -2.15. The molecule has 0 saturated carbocycles. The van der Waals surface area contributed by atoms with Crippen molar-refractivity contribution in [3.63, 3.8) is 0 Å². The molecule has 0 unspecified atom stereocenters. The van der Waals surface area contributed by atoms with Crippen LogP contribution in [-0.2, 0) is 0 Å². The Bertz CT molecular complexity index is 893. The van der Waals surface area contributed by atoms with Gasteiger partial charge in [0.2, 0.25) is 0 Å². The highest BCUT2D eigenvalue weighted by Crippen LogP contribution is 2.21. The Balaban J connectivity index is 2.12. The van der Waals surface area contributed by atoms with Gasteiger partial charge in [0.15, 0.2) is 5.65 Å². The standard InChI is InChI=1S/C15H13N3O4/c1-2-22-10-5-3-9(4-6-10)12-7-13(19)18-14(17-12)11(8-16-18)15(20)21/h3-8,17H,2H2,1H3,(H,20,21). The van der Waals surface area contributed by atoms with E-state index in [0.717, 1.165) is 22.0 Å². The van der Waals surface area contributed by atoms with E-state index in [-0.39, 0.29) is 11.2 Å². The molecule has 2 N–H and O–H groups in total. The number of H-pyrrole nitrogens is 1. The van der Waals surface area contributed by atoms with E-state index < -0.39 is 11.5 Å². The summed E-state index contributed by atoms with van der Waals surface area (Å²) in [6.07, 6.45) is 1.15. The minimum absolute atomic E-state index is 0.0510. The average Bonchev–Trinajstić information content (AvgIpc) is 2.93. The molecule has 0 atom stereocenters. The van der Waals surface area contributed by atoms with Crippen LogP contribution in [0.25, 0.3) is 16.9 Å². The molecule has 7 heteroatoms. The molecule has 0 spiro atoms. The summed E-state index contributed by atoms with van der Waals surface area (Å²) in [5.74, 6) is -0.417. The number of aromatic nitrogens is 3. The van der Waals surface area contributed by atoms with Crippen LogP contribution in [0.5, 0.6) is 5.75 Å². The minimum Gasteiger partial charge on any atom is -0.494 e. The number of nitrogens with one attached hydrogen (secondary N) is 1. The van der Waals surface area contributed by atoms with Crippen molar-refractivity contribution in [1.29, 1.82) is 0 Å². The summed E-state index contributed by atoms with van der Waals surface area (Å²) in [7, 11) is 0. The van der Waals surface area contributed by atoms with Crippen molar-refractivity contribution in [2.75, 3.05) is 6.61 Å². The van der Waals surface area contributed by atoms with E-state index in [1.165, 1.54) is 6.07 Å². The van der Waals surface area contributed by atoms with Gasteiger partial charge in [-0.25, -0.2) is 4.79 Å². The zero-order valence-corrected chi connectivity index (χ0v) is 11.7. The third kappa shape index (κ3) is 2.32. The van der Waals surface area contributed by atoms with E-state index in [1.54, 1.807) is 24.3 Å². The molecular formula is C15H13N3O4. The van der Waals surface area contributed by atoms with Gasteiger partial charge in [0.1, 0.15) is 11.3 Å². The van der Waals surface area contributed by atoms with Gasteiger partial charge >= 0.3 is 5.97 Å². The summed E-state index contributed by atoms with van der Waals surface area (Å²) in [5, 5.41) is 12.9. The molecule has 0 bridgehead atoms. The van der Waals surface area contributed by atoms with E-state index in [0.29, 0.717) is 12.3 Å². The molecule has 0 amide bonds. The lowest BCUT2D eigenvalue weighted by atomic mass is 10.1. The van der Waals surface area contributed by atoms with Crippen LogP contribution in [0.1, 0.15) is 17.3 Å². The second-order valence-electron chi connectivity index (χ2n) is 4.60. The lowest BCUT2D eigenvalue weighted by molar-refractivity contribution is 0.0699. The van der Waals surface area contributed by atoms with Crippen LogP contribution in [0.4, 0.5) is 0 Å². The first kappa shape index (κ1) is 13.9. The molecule has 0 fully saturated rings. The molecule has 0 aliphatic rings. The quantitative estimate of drug-likeness (QED) is 0.765. The zero-order chi connectivity index (χ0) is 15.7. The third-order valence-electron chi connectivity index (χ3n) is 3.21. The van der Waals surface area contributed by atoms with Crippen molar-refractivity contribution in [1.82, 2.24) is 14.6 Å². The summed E-state index contributed by atoms with van der Waals surface area (Å²) >= 11 is 0. The SMILES string of the molecule is CCOc1ccc(-c2cc(=O)n3ncc(C(=O)O)c3[nH]2)cc1. The van der Waals surface area contributed by atoms with Crippen LogP contribution in [0.2, 0.25) is 0 Å². The maximum Gasteiger partial charge on any atom is 0.341 e. The molecule has 2 heterocycles. The number of hydrogen-bond donors (Lipinski definition) is 2. The molecule has 7 nitrogen and oxygen atoms in total. The molecule has 0 saturated heterocycles. The van der Waals surface area contributed by atoms with Crippen molar-refractivity contribution >= 4 is 11.6 Å². The predicted octanol–water partition coefficient (Wildman–Crippen LogP) is 1.79. The van der Waals surface area contributed by atoms with Crippen LogP contribution >= 0.6 is 0 Å². The second-order valence-corrected chi connectivity index (χ2v) is 4.60. The number of aromatic carboxylic acids is 1. The number of fused-ring (bicyclic) bond motifs is 1. The lowest BCUT2D eigenvalue weighted by Gasteiger charge is -2.06. The van der Waals surface area contributed by atoms with Crippen LogP contribution in [0.3, 0.4) is 0 Å². The van der Waals surface area contributed by atoms with Gasteiger partial charge < -0.3 is 14.8 Å². The molecule has 3 aromatic rings. The first-order valence-corrected chi connectivity index (χ1v) is 6.67. The van der Waals surface area contributed by atoms with Crippen molar-refractivity contribution in [3.8, 4) is 17.0 Å². The summed E-state index contributed by atoms with van der Waals surface area (Å²) in [6.45, 7) is 2.46. The Morgan fingerprint density at radius 2 is 2.09 bits per heavy atom. The summed E-state index contributed by atoms with van der Waals surface area (Å²) in [6, 6.07) is 8.54. The highest BCUT2D eigenvalue weighted by atomic mass is 16.5. The number of nitrogens with zero attached hydrogens (tertiary/aromatic N) is 2. The molecule has 1 aromatic carbocycles. The summed E-state index contributed by atoms with van der Waals surface area (Å²) in [4.78, 5) is 26.1. The largest absolute Gasteiger partial charge is 0.494 e. The molecule has 0 radical (unpaired) electrons. The molecule has 0 aliphatic carbocycles. The summed E-state index contributed by atoms with van der Waals surface area (Å²) < 4.78 is 6.39. The summed E-state index contributed by atoms with van der Waals surface area (Å²) in [5.41, 5.74) is 0.975. The number of carboxylic acids is 1. The van der Waals surface area contributed by atoms with Crippen molar-refractivity contribution in [2.45, 2.75) is 6.92 Å². The Morgan fingerprint density at radius 1 is 1.36 bits per heavy atom. The van der Waals surface area contributed by atoms with Crippen molar-refractivity contribution < 1.29 is 14.6 Å². The van der Waals surface area contributed by atoms with Gasteiger partial charge in [-0.3, -0.25) is 4.79 Å². The number of aromatic amines is 1. The number of ether oxygens (including phenoxy) is 1. The van der Waals surface area contributed by atoms with E-state index in [1.807, 2.05) is 6.92 Å². The third-order valence-corrected chi connectivity index (χ3v) is 3.21. The monoisotopic (exact) mass is 299 g/mol. The van der Waals surface area contributed by atoms with E-state index in [9.17, 15) is 9.59 Å². The van der Waals surface area contributed by atoms with Gasteiger partial charge in [-0.15, -0.1) is 0 Å². The van der Waals surface area contributed by atoms with Gasteiger partial charge in [0.05, 0.1) is 18.5 Å². The van der Waals surface area contributed by atoms with Gasteiger partial charge in [-0.2, -0.15) is 9.61 Å². The molecule has 2 aromatic heterocycles. The fourth-order valence-electron chi connectivity index (χ4n) is 2.19.